The summed E-state index contributed by atoms with van der Waals surface area (Å²) in [5.41, 5.74) is -0.649. The van der Waals surface area contributed by atoms with Crippen LogP contribution in [0.15, 0.2) is 0 Å². The Hall–Kier alpha value is -0.650. The third-order valence-electron chi connectivity index (χ3n) is 4.74. The van der Waals surface area contributed by atoms with Crippen LogP contribution in [-0.4, -0.2) is 82.7 Å². The third-order valence-corrected chi connectivity index (χ3v) is 4.74. The van der Waals surface area contributed by atoms with Gasteiger partial charge in [0, 0.05) is 38.8 Å². The number of hydrogen-bond acceptors (Lipinski definition) is 4. The molecule has 2 aliphatic rings. The maximum absolute atomic E-state index is 12.7. The summed E-state index contributed by atoms with van der Waals surface area (Å²) in [4.78, 5) is 19.5. The number of amides is 1. The van der Waals surface area contributed by atoms with Gasteiger partial charge in [0.25, 0.3) is 0 Å². The van der Waals surface area contributed by atoms with E-state index in [9.17, 15) is 9.90 Å². The topological polar surface area (TPSA) is 47.0 Å². The van der Waals surface area contributed by atoms with Crippen molar-refractivity contribution in [1.29, 1.82) is 0 Å². The first kappa shape index (κ1) is 17.7. The quantitative estimate of drug-likeness (QED) is 0.846. The number of rotatable bonds is 4. The molecule has 128 valence electrons. The van der Waals surface area contributed by atoms with Crippen molar-refractivity contribution in [2.24, 2.45) is 0 Å². The second kappa shape index (κ2) is 7.28. The fourth-order valence-electron chi connectivity index (χ4n) is 3.74. The number of aliphatic hydroxyl groups is 1. The van der Waals surface area contributed by atoms with E-state index in [4.69, 9.17) is 0 Å². The van der Waals surface area contributed by atoms with E-state index in [0.29, 0.717) is 18.5 Å². The van der Waals surface area contributed by atoms with Crippen LogP contribution in [0.4, 0.5) is 0 Å². The minimum absolute atomic E-state index is 0.0678. The Morgan fingerprint density at radius 1 is 1.14 bits per heavy atom. The number of carbonyl (C=O) groups is 1. The zero-order valence-electron chi connectivity index (χ0n) is 14.7. The van der Waals surface area contributed by atoms with E-state index >= 15 is 0 Å². The number of β-amino-alcohol motifs (C(OH)–C–C–N with tert-alkyl or cyclic N) is 1. The van der Waals surface area contributed by atoms with E-state index in [-0.39, 0.29) is 6.04 Å². The Morgan fingerprint density at radius 3 is 2.50 bits per heavy atom. The lowest BCUT2D eigenvalue weighted by Gasteiger charge is -2.40. The number of carbonyl (C=O) groups excluding carboxylic acids is 1. The van der Waals surface area contributed by atoms with Crippen molar-refractivity contribution in [1.82, 2.24) is 14.7 Å². The first-order chi connectivity index (χ1) is 10.3. The molecular formula is C17H33N3O2. The third kappa shape index (κ3) is 4.67. The monoisotopic (exact) mass is 311 g/mol. The predicted octanol–water partition coefficient (Wildman–Crippen LogP) is 1.16. The summed E-state index contributed by atoms with van der Waals surface area (Å²) in [5, 5.41) is 10.00. The average molecular weight is 311 g/mol. The van der Waals surface area contributed by atoms with Crippen molar-refractivity contribution >= 4 is 5.91 Å². The first-order valence-electron chi connectivity index (χ1n) is 8.77. The van der Waals surface area contributed by atoms with Crippen molar-refractivity contribution in [2.45, 2.75) is 64.6 Å². The fourth-order valence-corrected chi connectivity index (χ4v) is 3.74. The standard InChI is InChI=1S/C17H33N3O2/c1-14(2)20-10-5-7-15(16(20)21)19-9-6-8-18(11-12-19)13-17(3,4)22/h14-15,22H,5-13H2,1-4H3. The lowest BCUT2D eigenvalue weighted by atomic mass is 10.0. The fraction of sp³-hybridized carbons (Fsp3) is 0.941. The summed E-state index contributed by atoms with van der Waals surface area (Å²) in [6.45, 7) is 13.4. The maximum Gasteiger partial charge on any atom is 0.240 e. The predicted molar refractivity (Wildman–Crippen MR) is 88.8 cm³/mol. The zero-order valence-corrected chi connectivity index (χ0v) is 14.7. The van der Waals surface area contributed by atoms with Gasteiger partial charge in [-0.25, -0.2) is 0 Å². The Balaban J connectivity index is 1.94. The molecule has 0 aromatic heterocycles. The normalized spacial score (nSPS) is 26.5. The molecule has 0 aromatic carbocycles. The summed E-state index contributed by atoms with van der Waals surface area (Å²) in [5.74, 6) is 0.317. The molecule has 2 heterocycles. The van der Waals surface area contributed by atoms with Gasteiger partial charge in [0.2, 0.25) is 5.91 Å². The Labute approximate surface area is 135 Å². The molecule has 1 amide bonds. The van der Waals surface area contributed by atoms with Gasteiger partial charge in [-0.15, -0.1) is 0 Å². The van der Waals surface area contributed by atoms with E-state index in [0.717, 1.165) is 52.0 Å². The second-order valence-electron chi connectivity index (χ2n) is 7.76. The Morgan fingerprint density at radius 2 is 1.86 bits per heavy atom. The van der Waals surface area contributed by atoms with E-state index < -0.39 is 5.60 Å². The average Bonchev–Trinajstić information content (AvgIpc) is 2.62. The molecule has 0 radical (unpaired) electrons. The molecular weight excluding hydrogens is 278 g/mol. The molecule has 2 saturated heterocycles. The molecule has 0 saturated carbocycles. The van der Waals surface area contributed by atoms with Gasteiger partial charge in [-0.1, -0.05) is 0 Å². The molecule has 5 nitrogen and oxygen atoms in total. The molecule has 2 aliphatic heterocycles. The van der Waals surface area contributed by atoms with Gasteiger partial charge in [0.1, 0.15) is 0 Å². The molecule has 5 heteroatoms. The van der Waals surface area contributed by atoms with Crippen LogP contribution in [0.3, 0.4) is 0 Å². The SMILES string of the molecule is CC(C)N1CCCC(N2CCCN(CC(C)(C)O)CC2)C1=O. The van der Waals surface area contributed by atoms with Gasteiger partial charge in [-0.3, -0.25) is 14.6 Å². The molecule has 0 spiro atoms. The van der Waals surface area contributed by atoms with Crippen molar-refractivity contribution in [3.63, 3.8) is 0 Å². The molecule has 1 unspecified atom stereocenters. The molecule has 1 N–H and O–H groups in total. The highest BCUT2D eigenvalue weighted by Gasteiger charge is 2.35. The van der Waals surface area contributed by atoms with Crippen molar-refractivity contribution in [3.8, 4) is 0 Å². The zero-order chi connectivity index (χ0) is 16.3. The molecule has 0 bridgehead atoms. The Bertz CT molecular complexity index is 379. The minimum atomic E-state index is -0.649. The molecule has 2 rings (SSSR count). The van der Waals surface area contributed by atoms with Crippen LogP contribution in [0, 0.1) is 0 Å². The maximum atomic E-state index is 12.7. The summed E-state index contributed by atoms with van der Waals surface area (Å²) in [6.07, 6.45) is 3.17. The van der Waals surface area contributed by atoms with Gasteiger partial charge in [-0.2, -0.15) is 0 Å². The highest BCUT2D eigenvalue weighted by Crippen LogP contribution is 2.21. The summed E-state index contributed by atoms with van der Waals surface area (Å²) >= 11 is 0. The number of piperidine rings is 1. The van der Waals surface area contributed by atoms with Gasteiger partial charge in [-0.05, 0) is 53.5 Å². The van der Waals surface area contributed by atoms with Crippen LogP contribution < -0.4 is 0 Å². The lowest BCUT2D eigenvalue weighted by Crippen LogP contribution is -2.55. The number of hydrogen-bond donors (Lipinski definition) is 1. The summed E-state index contributed by atoms with van der Waals surface area (Å²) in [6, 6.07) is 0.368. The van der Waals surface area contributed by atoms with Gasteiger partial charge >= 0.3 is 0 Å². The number of nitrogens with zero attached hydrogens (tertiary/aromatic N) is 3. The van der Waals surface area contributed by atoms with Crippen LogP contribution in [0.5, 0.6) is 0 Å². The molecule has 22 heavy (non-hydrogen) atoms. The highest BCUT2D eigenvalue weighted by molar-refractivity contribution is 5.82. The molecule has 1 atom stereocenters. The van der Waals surface area contributed by atoms with Crippen LogP contribution in [0.2, 0.25) is 0 Å². The minimum Gasteiger partial charge on any atom is -0.389 e. The summed E-state index contributed by atoms with van der Waals surface area (Å²) in [7, 11) is 0. The van der Waals surface area contributed by atoms with Crippen molar-refractivity contribution in [2.75, 3.05) is 39.3 Å². The van der Waals surface area contributed by atoms with E-state index in [1.165, 1.54) is 0 Å². The van der Waals surface area contributed by atoms with E-state index in [1.54, 1.807) is 0 Å². The van der Waals surface area contributed by atoms with Gasteiger partial charge in [0.05, 0.1) is 11.6 Å². The number of likely N-dealkylation sites (tertiary alicyclic amines) is 1. The Kier molecular flexibility index (Phi) is 5.86. The van der Waals surface area contributed by atoms with Crippen molar-refractivity contribution < 1.29 is 9.90 Å². The highest BCUT2D eigenvalue weighted by atomic mass is 16.3. The molecule has 0 aliphatic carbocycles. The first-order valence-corrected chi connectivity index (χ1v) is 8.77. The van der Waals surface area contributed by atoms with Crippen molar-refractivity contribution in [3.05, 3.63) is 0 Å². The van der Waals surface area contributed by atoms with Crippen LogP contribution in [0.1, 0.15) is 47.0 Å². The van der Waals surface area contributed by atoms with E-state index in [2.05, 4.69) is 23.6 Å². The van der Waals surface area contributed by atoms with E-state index in [1.807, 2.05) is 18.7 Å². The van der Waals surface area contributed by atoms with Crippen LogP contribution in [-0.2, 0) is 4.79 Å². The van der Waals surface area contributed by atoms with Gasteiger partial charge < -0.3 is 10.0 Å². The van der Waals surface area contributed by atoms with Gasteiger partial charge in [0.15, 0.2) is 0 Å². The second-order valence-corrected chi connectivity index (χ2v) is 7.76. The largest absolute Gasteiger partial charge is 0.389 e. The lowest BCUT2D eigenvalue weighted by molar-refractivity contribution is -0.142. The smallest absolute Gasteiger partial charge is 0.240 e. The molecule has 0 aromatic rings. The summed E-state index contributed by atoms with van der Waals surface area (Å²) < 4.78 is 0. The van der Waals surface area contributed by atoms with Crippen LogP contribution in [0.25, 0.3) is 0 Å². The molecule has 2 fully saturated rings. The van der Waals surface area contributed by atoms with Crippen LogP contribution >= 0.6 is 0 Å².